The highest BCUT2D eigenvalue weighted by molar-refractivity contribution is 7.92. The number of anilines is 2. The fourth-order valence-corrected chi connectivity index (χ4v) is 4.32. The van der Waals surface area contributed by atoms with E-state index in [-0.39, 0.29) is 33.9 Å². The van der Waals surface area contributed by atoms with E-state index < -0.39 is 10.0 Å². The number of aryl methyl sites for hydroxylation is 1. The van der Waals surface area contributed by atoms with Gasteiger partial charge in [0, 0.05) is 19.7 Å². The van der Waals surface area contributed by atoms with Gasteiger partial charge in [0.25, 0.3) is 15.9 Å². The zero-order valence-electron chi connectivity index (χ0n) is 17.9. The Bertz CT molecular complexity index is 1180. The second-order valence-electron chi connectivity index (χ2n) is 7.23. The van der Waals surface area contributed by atoms with Crippen LogP contribution in [0.25, 0.3) is 11.7 Å². The van der Waals surface area contributed by atoms with Crippen molar-refractivity contribution >= 4 is 21.6 Å². The van der Waals surface area contributed by atoms with Crippen molar-refractivity contribution in [3.8, 4) is 17.7 Å². The molecule has 1 aromatic carbocycles. The van der Waals surface area contributed by atoms with Gasteiger partial charge in [-0.25, -0.2) is 8.42 Å². The van der Waals surface area contributed by atoms with Crippen LogP contribution >= 0.6 is 0 Å². The Hall–Kier alpha value is -3.29. The summed E-state index contributed by atoms with van der Waals surface area (Å²) < 4.78 is 38.7. The van der Waals surface area contributed by atoms with Crippen LogP contribution in [0.2, 0.25) is 0 Å². The number of hydrogen-bond donors (Lipinski definition) is 1. The largest absolute Gasteiger partial charge is 0.455 e. The Morgan fingerprint density at radius 3 is 2.52 bits per heavy atom. The maximum absolute atomic E-state index is 13.1. The zero-order valence-corrected chi connectivity index (χ0v) is 18.7. The number of nitrogens with zero attached hydrogens (tertiary/aromatic N) is 4. The molecule has 0 aliphatic rings. The summed E-state index contributed by atoms with van der Waals surface area (Å²) >= 11 is 0. The number of rotatable bonds is 9. The van der Waals surface area contributed by atoms with E-state index in [0.717, 1.165) is 13.0 Å². The molecule has 0 aliphatic heterocycles. The van der Waals surface area contributed by atoms with Gasteiger partial charge in [-0.1, -0.05) is 18.2 Å². The highest BCUT2D eigenvalue weighted by Crippen LogP contribution is 2.33. The highest BCUT2D eigenvalue weighted by atomic mass is 32.2. The normalized spacial score (nSPS) is 11.5. The molecule has 0 aliphatic carbocycles. The first-order valence-electron chi connectivity index (χ1n) is 9.68. The van der Waals surface area contributed by atoms with E-state index in [1.54, 1.807) is 31.2 Å². The van der Waals surface area contributed by atoms with Gasteiger partial charge >= 0.3 is 0 Å². The number of aromatic nitrogens is 1. The Morgan fingerprint density at radius 1 is 1.16 bits per heavy atom. The number of nitriles is 1. The number of para-hydroxylation sites is 1. The molecule has 0 atom stereocenters. The summed E-state index contributed by atoms with van der Waals surface area (Å²) in [6.45, 7) is 3.04. The van der Waals surface area contributed by atoms with Gasteiger partial charge < -0.3 is 19.1 Å². The Balaban J connectivity index is 1.86. The summed E-state index contributed by atoms with van der Waals surface area (Å²) in [7, 11) is 1.58. The molecular formula is C21H25N5O4S. The lowest BCUT2D eigenvalue weighted by Gasteiger charge is -2.18. The molecule has 0 unspecified atom stereocenters. The summed E-state index contributed by atoms with van der Waals surface area (Å²) in [5.74, 6) is 0.611. The third-order valence-corrected chi connectivity index (χ3v) is 6.54. The van der Waals surface area contributed by atoms with Crippen molar-refractivity contribution in [3.05, 3.63) is 47.9 Å². The topological polar surface area (TPSA) is 116 Å². The quantitative estimate of drug-likeness (QED) is 0.501. The first-order valence-corrected chi connectivity index (χ1v) is 11.1. The van der Waals surface area contributed by atoms with Gasteiger partial charge in [0.05, 0.1) is 5.69 Å². The van der Waals surface area contributed by atoms with E-state index in [0.29, 0.717) is 12.2 Å². The van der Waals surface area contributed by atoms with Crippen molar-refractivity contribution in [2.75, 3.05) is 43.9 Å². The molecule has 0 radical (unpaired) electrons. The summed E-state index contributed by atoms with van der Waals surface area (Å²) in [5, 5.41) is 12.4. The molecule has 9 nitrogen and oxygen atoms in total. The monoisotopic (exact) mass is 443 g/mol. The Morgan fingerprint density at radius 2 is 1.87 bits per heavy atom. The predicted octanol–water partition coefficient (Wildman–Crippen LogP) is 3.30. The summed E-state index contributed by atoms with van der Waals surface area (Å²) in [5.41, 5.74) is 0.608. The second-order valence-corrected chi connectivity index (χ2v) is 9.17. The average molecular weight is 444 g/mol. The molecule has 2 aromatic heterocycles. The van der Waals surface area contributed by atoms with Crippen molar-refractivity contribution in [1.82, 2.24) is 9.88 Å². The molecular weight excluding hydrogens is 418 g/mol. The molecule has 3 rings (SSSR count). The van der Waals surface area contributed by atoms with Gasteiger partial charge in [0.15, 0.2) is 5.76 Å². The van der Waals surface area contributed by atoms with Crippen molar-refractivity contribution in [1.29, 1.82) is 5.26 Å². The van der Waals surface area contributed by atoms with Gasteiger partial charge in [-0.05, 0) is 46.1 Å². The standard InChI is InChI=1S/C21H25N5O4S/c1-15-19(31(27,28)26(4)16-9-6-5-7-10-16)13-18(29-15)21-24-17(14-22)20(30-21)23-11-8-12-25(2)3/h5-7,9-10,13,23H,8,11-12H2,1-4H3. The Labute approximate surface area is 181 Å². The van der Waals surface area contributed by atoms with Crippen LogP contribution in [0.15, 0.2) is 50.1 Å². The molecule has 0 saturated carbocycles. The minimum atomic E-state index is -3.86. The fraction of sp³-hybridized carbons (Fsp3) is 0.333. The van der Waals surface area contributed by atoms with Gasteiger partial charge in [-0.2, -0.15) is 10.2 Å². The fourth-order valence-electron chi connectivity index (χ4n) is 2.97. The Kier molecular flexibility index (Phi) is 6.68. The van der Waals surface area contributed by atoms with Crippen LogP contribution in [0.5, 0.6) is 0 Å². The predicted molar refractivity (Wildman–Crippen MR) is 117 cm³/mol. The number of oxazole rings is 1. The lowest BCUT2D eigenvalue weighted by Crippen LogP contribution is -2.26. The van der Waals surface area contributed by atoms with Gasteiger partial charge in [-0.3, -0.25) is 4.31 Å². The molecule has 2 heterocycles. The van der Waals surface area contributed by atoms with Gasteiger partial charge in [0.2, 0.25) is 11.6 Å². The number of sulfonamides is 1. The molecule has 0 spiro atoms. The molecule has 31 heavy (non-hydrogen) atoms. The number of nitrogens with one attached hydrogen (secondary N) is 1. The molecule has 10 heteroatoms. The maximum Gasteiger partial charge on any atom is 0.267 e. The van der Waals surface area contributed by atoms with E-state index >= 15 is 0 Å². The zero-order chi connectivity index (χ0) is 22.6. The summed E-state index contributed by atoms with van der Waals surface area (Å²) in [6.07, 6.45) is 0.849. The minimum absolute atomic E-state index is 0.00560. The molecule has 3 aromatic rings. The average Bonchev–Trinajstić information content (AvgIpc) is 3.34. The van der Waals surface area contributed by atoms with E-state index in [1.807, 2.05) is 26.2 Å². The van der Waals surface area contributed by atoms with Crippen molar-refractivity contribution in [2.45, 2.75) is 18.2 Å². The molecule has 0 bridgehead atoms. The van der Waals surface area contributed by atoms with E-state index in [2.05, 4.69) is 15.2 Å². The van der Waals surface area contributed by atoms with E-state index in [9.17, 15) is 13.7 Å². The van der Waals surface area contributed by atoms with E-state index in [1.165, 1.54) is 17.4 Å². The van der Waals surface area contributed by atoms with Crippen molar-refractivity contribution < 1.29 is 17.3 Å². The number of furan rings is 1. The van der Waals surface area contributed by atoms with Gasteiger partial charge in [-0.15, -0.1) is 0 Å². The van der Waals surface area contributed by atoms with Crippen LogP contribution in [-0.2, 0) is 10.0 Å². The number of hydrogen-bond acceptors (Lipinski definition) is 8. The lowest BCUT2D eigenvalue weighted by atomic mass is 10.3. The van der Waals surface area contributed by atoms with Crippen LogP contribution in [0.1, 0.15) is 17.9 Å². The number of benzene rings is 1. The van der Waals surface area contributed by atoms with E-state index in [4.69, 9.17) is 8.83 Å². The first-order chi connectivity index (χ1) is 14.7. The van der Waals surface area contributed by atoms with Crippen LogP contribution in [0.4, 0.5) is 11.6 Å². The van der Waals surface area contributed by atoms with Crippen LogP contribution < -0.4 is 9.62 Å². The van der Waals surface area contributed by atoms with Crippen LogP contribution in [0, 0.1) is 18.3 Å². The molecule has 0 saturated heterocycles. The molecule has 0 fully saturated rings. The lowest BCUT2D eigenvalue weighted by molar-refractivity contribution is 0.404. The van der Waals surface area contributed by atoms with Crippen molar-refractivity contribution in [2.24, 2.45) is 0 Å². The summed E-state index contributed by atoms with van der Waals surface area (Å²) in [4.78, 5) is 6.21. The molecule has 164 valence electrons. The third kappa shape index (κ3) is 4.90. The van der Waals surface area contributed by atoms with Crippen LogP contribution in [-0.4, -0.2) is 52.5 Å². The first kappa shape index (κ1) is 22.4. The smallest absolute Gasteiger partial charge is 0.267 e. The van der Waals surface area contributed by atoms with Gasteiger partial charge in [0.1, 0.15) is 16.7 Å². The highest BCUT2D eigenvalue weighted by Gasteiger charge is 2.28. The SMILES string of the molecule is Cc1oc(-c2nc(C#N)c(NCCCN(C)C)o2)cc1S(=O)(=O)N(C)c1ccccc1. The molecule has 1 N–H and O–H groups in total. The van der Waals surface area contributed by atoms with Crippen molar-refractivity contribution in [3.63, 3.8) is 0 Å². The van der Waals surface area contributed by atoms with Crippen LogP contribution in [0.3, 0.4) is 0 Å². The molecule has 0 amide bonds. The third-order valence-electron chi connectivity index (χ3n) is 4.64. The second kappa shape index (κ2) is 9.24. The summed E-state index contributed by atoms with van der Waals surface area (Å²) in [6, 6.07) is 12.1. The minimum Gasteiger partial charge on any atom is -0.455 e. The maximum atomic E-state index is 13.1.